The first-order chi connectivity index (χ1) is 13.8. The Bertz CT molecular complexity index is 970. The van der Waals surface area contributed by atoms with Gasteiger partial charge < -0.3 is 20.7 Å². The second-order valence-electron chi connectivity index (χ2n) is 6.28. The molecule has 1 unspecified atom stereocenters. The van der Waals surface area contributed by atoms with Gasteiger partial charge in [-0.15, -0.1) is 0 Å². The number of anilines is 1. The Morgan fingerprint density at radius 3 is 2.41 bits per heavy atom. The highest BCUT2D eigenvalue weighted by molar-refractivity contribution is 6.37. The first-order valence-electron chi connectivity index (χ1n) is 8.77. The summed E-state index contributed by atoms with van der Waals surface area (Å²) < 4.78 is 18.5. The van der Waals surface area contributed by atoms with Gasteiger partial charge in [-0.25, -0.2) is 9.18 Å². The van der Waals surface area contributed by atoms with Gasteiger partial charge in [0.05, 0.1) is 28.3 Å². The van der Waals surface area contributed by atoms with Crippen LogP contribution in [0.3, 0.4) is 0 Å². The highest BCUT2D eigenvalue weighted by Gasteiger charge is 2.32. The van der Waals surface area contributed by atoms with Crippen LogP contribution in [0.5, 0.6) is 5.75 Å². The van der Waals surface area contributed by atoms with Crippen molar-refractivity contribution in [2.45, 2.75) is 19.9 Å². The fourth-order valence-corrected chi connectivity index (χ4v) is 3.62. The zero-order chi connectivity index (χ0) is 21.1. The van der Waals surface area contributed by atoms with Crippen molar-refractivity contribution < 1.29 is 18.7 Å². The van der Waals surface area contributed by atoms with E-state index in [9.17, 15) is 14.0 Å². The number of hydrogen-bond donors (Lipinski definition) is 3. The molecule has 0 radical (unpaired) electrons. The number of ether oxygens (including phenoxy) is 1. The maximum Gasteiger partial charge on any atom is 0.319 e. The summed E-state index contributed by atoms with van der Waals surface area (Å²) in [5.74, 6) is -0.549. The van der Waals surface area contributed by atoms with Gasteiger partial charge in [0.25, 0.3) is 5.91 Å². The van der Waals surface area contributed by atoms with Crippen molar-refractivity contribution in [2.24, 2.45) is 0 Å². The van der Waals surface area contributed by atoms with Crippen molar-refractivity contribution in [2.75, 3.05) is 11.9 Å². The standard InChI is InChI=1S/C20H18Cl2FN3O3/c1-3-29-18-14(21)8-11(9-15(18)22)17-16(10(2)24-20(28)26-17)19(27)25-13-6-4-12(23)5-7-13/h4-9,17H,3H2,1-2H3,(H,25,27)(H2,24,26,28). The molecule has 2 aromatic carbocycles. The Kier molecular flexibility index (Phi) is 6.30. The lowest BCUT2D eigenvalue weighted by Gasteiger charge is -2.29. The van der Waals surface area contributed by atoms with Gasteiger partial charge in [0.2, 0.25) is 0 Å². The lowest BCUT2D eigenvalue weighted by Crippen LogP contribution is -2.46. The van der Waals surface area contributed by atoms with Crippen LogP contribution < -0.4 is 20.7 Å². The fourth-order valence-electron chi connectivity index (χ4n) is 3.00. The molecule has 0 saturated carbocycles. The Labute approximate surface area is 177 Å². The molecule has 29 heavy (non-hydrogen) atoms. The number of urea groups is 1. The predicted octanol–water partition coefficient (Wildman–Crippen LogP) is 4.80. The Balaban J connectivity index is 1.98. The normalized spacial score (nSPS) is 16.2. The van der Waals surface area contributed by atoms with Crippen molar-refractivity contribution in [3.8, 4) is 5.75 Å². The number of hydrogen-bond acceptors (Lipinski definition) is 3. The second kappa shape index (κ2) is 8.71. The molecule has 0 aliphatic carbocycles. The predicted molar refractivity (Wildman–Crippen MR) is 110 cm³/mol. The minimum atomic E-state index is -0.796. The highest BCUT2D eigenvalue weighted by Crippen LogP contribution is 2.38. The SMILES string of the molecule is CCOc1c(Cl)cc(C2NC(=O)NC(C)=C2C(=O)Nc2ccc(F)cc2)cc1Cl. The molecule has 1 aliphatic heterocycles. The molecular formula is C20H18Cl2FN3O3. The third-order valence-electron chi connectivity index (χ3n) is 4.26. The minimum absolute atomic E-state index is 0.262. The monoisotopic (exact) mass is 437 g/mol. The van der Waals surface area contributed by atoms with Gasteiger partial charge in [0.15, 0.2) is 5.75 Å². The van der Waals surface area contributed by atoms with Crippen molar-refractivity contribution in [3.63, 3.8) is 0 Å². The molecule has 6 nitrogen and oxygen atoms in total. The van der Waals surface area contributed by atoms with Crippen molar-refractivity contribution in [1.29, 1.82) is 0 Å². The van der Waals surface area contributed by atoms with Gasteiger partial charge in [-0.1, -0.05) is 23.2 Å². The van der Waals surface area contributed by atoms with E-state index in [0.29, 0.717) is 29.3 Å². The maximum atomic E-state index is 13.1. The number of carbonyl (C=O) groups is 2. The quantitative estimate of drug-likeness (QED) is 0.628. The van der Waals surface area contributed by atoms with Crippen LogP contribution in [-0.4, -0.2) is 18.5 Å². The topological polar surface area (TPSA) is 79.5 Å². The molecule has 9 heteroatoms. The number of carbonyl (C=O) groups excluding carboxylic acids is 2. The number of benzene rings is 2. The molecule has 0 bridgehead atoms. The van der Waals surface area contributed by atoms with E-state index in [2.05, 4.69) is 16.0 Å². The number of rotatable bonds is 5. The van der Waals surface area contributed by atoms with Crippen LogP contribution >= 0.6 is 23.2 Å². The molecule has 152 valence electrons. The molecule has 3 amide bonds. The molecule has 1 atom stereocenters. The summed E-state index contributed by atoms with van der Waals surface area (Å²) in [6, 6.07) is 7.28. The number of amides is 3. The molecule has 0 spiro atoms. The molecule has 1 heterocycles. The number of nitrogens with one attached hydrogen (secondary N) is 3. The van der Waals surface area contributed by atoms with E-state index in [1.165, 1.54) is 24.3 Å². The van der Waals surface area contributed by atoms with E-state index in [-0.39, 0.29) is 15.6 Å². The van der Waals surface area contributed by atoms with Crippen molar-refractivity contribution in [3.05, 3.63) is 69.1 Å². The molecule has 0 fully saturated rings. The zero-order valence-corrected chi connectivity index (χ0v) is 17.1. The summed E-state index contributed by atoms with van der Waals surface area (Å²) >= 11 is 12.6. The number of halogens is 3. The first kappa shape index (κ1) is 21.0. The van der Waals surface area contributed by atoms with Crippen LogP contribution in [0.15, 0.2) is 47.7 Å². The van der Waals surface area contributed by atoms with Crippen LogP contribution in [0, 0.1) is 5.82 Å². The first-order valence-corrected chi connectivity index (χ1v) is 9.52. The van der Waals surface area contributed by atoms with E-state index in [0.717, 1.165) is 0 Å². The molecule has 1 aliphatic rings. The summed E-state index contributed by atoms with van der Waals surface area (Å²) in [5.41, 5.74) is 1.57. The fraction of sp³-hybridized carbons (Fsp3) is 0.200. The van der Waals surface area contributed by atoms with Gasteiger partial charge >= 0.3 is 6.03 Å². The Morgan fingerprint density at radius 2 is 1.83 bits per heavy atom. The second-order valence-corrected chi connectivity index (χ2v) is 7.09. The lowest BCUT2D eigenvalue weighted by atomic mass is 9.94. The average Bonchev–Trinajstić information content (AvgIpc) is 2.65. The summed E-state index contributed by atoms with van der Waals surface area (Å²) in [6.45, 7) is 3.80. The molecule has 0 saturated heterocycles. The highest BCUT2D eigenvalue weighted by atomic mass is 35.5. The van der Waals surface area contributed by atoms with Crippen LogP contribution in [-0.2, 0) is 4.79 Å². The molecular weight excluding hydrogens is 420 g/mol. The third-order valence-corrected chi connectivity index (χ3v) is 4.82. The minimum Gasteiger partial charge on any atom is -0.491 e. The van der Waals surface area contributed by atoms with Gasteiger partial charge in [0.1, 0.15) is 5.82 Å². The Morgan fingerprint density at radius 1 is 1.21 bits per heavy atom. The van der Waals surface area contributed by atoms with Crippen LogP contribution in [0.2, 0.25) is 10.0 Å². The average molecular weight is 438 g/mol. The van der Waals surface area contributed by atoms with Gasteiger partial charge in [-0.2, -0.15) is 0 Å². The smallest absolute Gasteiger partial charge is 0.319 e. The van der Waals surface area contributed by atoms with Gasteiger partial charge in [-0.3, -0.25) is 4.79 Å². The maximum absolute atomic E-state index is 13.1. The Hall–Kier alpha value is -2.77. The lowest BCUT2D eigenvalue weighted by molar-refractivity contribution is -0.113. The summed E-state index contributed by atoms with van der Waals surface area (Å²) in [4.78, 5) is 25.0. The largest absolute Gasteiger partial charge is 0.491 e. The van der Waals surface area contributed by atoms with E-state index in [1.54, 1.807) is 26.0 Å². The van der Waals surface area contributed by atoms with Crippen LogP contribution in [0.25, 0.3) is 0 Å². The molecule has 0 aromatic heterocycles. The van der Waals surface area contributed by atoms with Crippen molar-refractivity contribution in [1.82, 2.24) is 10.6 Å². The molecule has 3 rings (SSSR count). The van der Waals surface area contributed by atoms with Crippen molar-refractivity contribution >= 4 is 40.8 Å². The van der Waals surface area contributed by atoms with E-state index in [1.807, 2.05) is 0 Å². The summed E-state index contributed by atoms with van der Waals surface area (Å²) in [7, 11) is 0. The number of allylic oxidation sites excluding steroid dienone is 1. The summed E-state index contributed by atoms with van der Waals surface area (Å²) in [5, 5.41) is 8.52. The van der Waals surface area contributed by atoms with E-state index >= 15 is 0 Å². The van der Waals surface area contributed by atoms with Gasteiger partial charge in [0, 0.05) is 11.4 Å². The molecule has 3 N–H and O–H groups in total. The zero-order valence-electron chi connectivity index (χ0n) is 15.6. The summed E-state index contributed by atoms with van der Waals surface area (Å²) in [6.07, 6.45) is 0. The van der Waals surface area contributed by atoms with E-state index in [4.69, 9.17) is 27.9 Å². The van der Waals surface area contributed by atoms with E-state index < -0.39 is 23.8 Å². The third kappa shape index (κ3) is 4.63. The van der Waals surface area contributed by atoms with Crippen LogP contribution in [0.4, 0.5) is 14.9 Å². The van der Waals surface area contributed by atoms with Gasteiger partial charge in [-0.05, 0) is 55.8 Å². The molecule has 2 aromatic rings. The van der Waals surface area contributed by atoms with Crippen LogP contribution in [0.1, 0.15) is 25.5 Å².